The lowest BCUT2D eigenvalue weighted by molar-refractivity contribution is -0.129. The number of rotatable bonds is 6. The molecule has 0 spiro atoms. The van der Waals surface area contributed by atoms with Gasteiger partial charge in [-0.05, 0) is 31.2 Å². The Morgan fingerprint density at radius 1 is 1.38 bits per heavy atom. The highest BCUT2D eigenvalue weighted by atomic mass is 35.5. The number of likely N-dealkylation sites (N-methyl/N-ethyl adjacent to an activating group) is 1. The zero-order valence-electron chi connectivity index (χ0n) is 13.7. The molecule has 1 aliphatic heterocycles. The monoisotopic (exact) mass is 353 g/mol. The fraction of sp³-hybridized carbons (Fsp3) is 0.438. The zero-order valence-corrected chi connectivity index (χ0v) is 14.4. The first-order valence-corrected chi connectivity index (χ1v) is 8.04. The lowest BCUT2D eigenvalue weighted by atomic mass is 10.2. The number of benzene rings is 1. The average Bonchev–Trinajstić information content (AvgIpc) is 2.96. The highest BCUT2D eigenvalue weighted by Gasteiger charge is 2.29. The maximum Gasteiger partial charge on any atom is 0.416 e. The van der Waals surface area contributed by atoms with Gasteiger partial charge in [-0.15, -0.1) is 0 Å². The molecule has 0 aliphatic carbocycles. The van der Waals surface area contributed by atoms with Gasteiger partial charge in [-0.2, -0.15) is 0 Å². The van der Waals surface area contributed by atoms with E-state index in [9.17, 15) is 14.4 Å². The molecule has 0 saturated carbocycles. The topological polar surface area (TPSA) is 79.0 Å². The Balaban J connectivity index is 1.92. The lowest BCUT2D eigenvalue weighted by Crippen LogP contribution is -2.43. The van der Waals surface area contributed by atoms with Crippen LogP contribution in [0.2, 0.25) is 5.02 Å². The Kier molecular flexibility index (Phi) is 6.16. The first kappa shape index (κ1) is 18.2. The Hall–Kier alpha value is -2.12. The molecule has 1 aromatic rings. The quantitative estimate of drug-likeness (QED) is 0.844. The number of hydrogen-bond acceptors (Lipinski definition) is 5. The molecule has 24 heavy (non-hydrogen) atoms. The van der Waals surface area contributed by atoms with Gasteiger partial charge < -0.3 is 10.1 Å². The Bertz CT molecular complexity index is 650. The number of nitrogens with zero attached hydrogens (tertiary/aromatic N) is 2. The van der Waals surface area contributed by atoms with Gasteiger partial charge in [0.15, 0.2) is 0 Å². The molecule has 130 valence electrons. The third-order valence-electron chi connectivity index (χ3n) is 3.71. The van der Waals surface area contributed by atoms with Crippen LogP contribution in [-0.4, -0.2) is 60.5 Å². The van der Waals surface area contributed by atoms with E-state index in [0.717, 1.165) is 10.5 Å². The van der Waals surface area contributed by atoms with Crippen LogP contribution in [0.3, 0.4) is 0 Å². The predicted molar refractivity (Wildman–Crippen MR) is 90.0 cm³/mol. The summed E-state index contributed by atoms with van der Waals surface area (Å²) in [7, 11) is 0. The Morgan fingerprint density at radius 2 is 2.12 bits per heavy atom. The van der Waals surface area contributed by atoms with Crippen molar-refractivity contribution in [3.8, 4) is 0 Å². The van der Waals surface area contributed by atoms with Crippen molar-refractivity contribution in [2.45, 2.75) is 13.8 Å². The molecular weight excluding hydrogens is 334 g/mol. The molecule has 3 amide bonds. The molecule has 1 fully saturated rings. The van der Waals surface area contributed by atoms with Crippen molar-refractivity contribution in [1.82, 2.24) is 9.80 Å². The van der Waals surface area contributed by atoms with Crippen LogP contribution in [0.4, 0.5) is 10.5 Å². The van der Waals surface area contributed by atoms with Crippen LogP contribution >= 0.6 is 11.6 Å². The second kappa shape index (κ2) is 8.12. The summed E-state index contributed by atoms with van der Waals surface area (Å²) < 4.78 is 4.74. The van der Waals surface area contributed by atoms with E-state index < -0.39 is 6.09 Å². The summed E-state index contributed by atoms with van der Waals surface area (Å²) in [5.74, 6) is -0.620. The SMILES string of the molecule is CCN(CC(=O)Nc1cc(Cl)ccc1C)CC(=O)N1CCOC1=O. The Labute approximate surface area is 145 Å². The van der Waals surface area contributed by atoms with Gasteiger partial charge in [0, 0.05) is 10.7 Å². The molecule has 8 heteroatoms. The smallest absolute Gasteiger partial charge is 0.416 e. The van der Waals surface area contributed by atoms with Crippen molar-refractivity contribution in [3.63, 3.8) is 0 Å². The summed E-state index contributed by atoms with van der Waals surface area (Å²) in [5, 5.41) is 3.32. The molecule has 0 atom stereocenters. The number of imide groups is 1. The largest absolute Gasteiger partial charge is 0.447 e. The third-order valence-corrected chi connectivity index (χ3v) is 3.94. The van der Waals surface area contributed by atoms with Crippen LogP contribution in [0.5, 0.6) is 0 Å². The van der Waals surface area contributed by atoms with E-state index in [1.807, 2.05) is 19.9 Å². The number of carbonyl (C=O) groups is 3. The van der Waals surface area contributed by atoms with E-state index in [4.69, 9.17) is 16.3 Å². The average molecular weight is 354 g/mol. The molecule has 0 radical (unpaired) electrons. The Morgan fingerprint density at radius 3 is 2.75 bits per heavy atom. The normalized spacial score (nSPS) is 14.0. The number of hydrogen-bond donors (Lipinski definition) is 1. The van der Waals surface area contributed by atoms with Gasteiger partial charge in [-0.1, -0.05) is 24.6 Å². The van der Waals surface area contributed by atoms with Crippen LogP contribution in [0, 0.1) is 6.92 Å². The number of aryl methyl sites for hydroxylation is 1. The van der Waals surface area contributed by atoms with Gasteiger partial charge in [-0.25, -0.2) is 9.69 Å². The van der Waals surface area contributed by atoms with E-state index in [0.29, 0.717) is 17.3 Å². The van der Waals surface area contributed by atoms with Gasteiger partial charge in [0.05, 0.1) is 19.6 Å². The number of halogens is 1. The summed E-state index contributed by atoms with van der Waals surface area (Å²) in [6, 6.07) is 5.24. The van der Waals surface area contributed by atoms with E-state index in [2.05, 4.69) is 5.32 Å². The number of cyclic esters (lactones) is 1. The van der Waals surface area contributed by atoms with Crippen LogP contribution in [0.25, 0.3) is 0 Å². The minimum Gasteiger partial charge on any atom is -0.447 e. The molecule has 1 heterocycles. The number of carbonyl (C=O) groups excluding carboxylic acids is 3. The van der Waals surface area contributed by atoms with Crippen molar-refractivity contribution >= 4 is 35.2 Å². The molecule has 0 aromatic heterocycles. The van der Waals surface area contributed by atoms with Crippen LogP contribution < -0.4 is 5.32 Å². The highest BCUT2D eigenvalue weighted by Crippen LogP contribution is 2.20. The standard InChI is InChI=1S/C16H20ClN3O4/c1-3-19(10-15(22)20-6-7-24-16(20)23)9-14(21)18-13-8-12(17)5-4-11(13)2/h4-5,8H,3,6-7,9-10H2,1-2H3,(H,18,21). The molecule has 0 bridgehead atoms. The first-order chi connectivity index (χ1) is 11.4. The van der Waals surface area contributed by atoms with Crippen molar-refractivity contribution in [3.05, 3.63) is 28.8 Å². The summed E-state index contributed by atoms with van der Waals surface area (Å²) in [6.45, 7) is 4.69. The van der Waals surface area contributed by atoms with Gasteiger partial charge >= 0.3 is 6.09 Å². The van der Waals surface area contributed by atoms with Gasteiger partial charge in [0.2, 0.25) is 11.8 Å². The zero-order chi connectivity index (χ0) is 17.7. The van der Waals surface area contributed by atoms with Gasteiger partial charge in [-0.3, -0.25) is 14.5 Å². The van der Waals surface area contributed by atoms with Crippen molar-refractivity contribution in [2.75, 3.05) is 38.1 Å². The van der Waals surface area contributed by atoms with Gasteiger partial charge in [0.1, 0.15) is 6.61 Å². The van der Waals surface area contributed by atoms with Crippen LogP contribution in [0.1, 0.15) is 12.5 Å². The predicted octanol–water partition coefficient (Wildman–Crippen LogP) is 1.89. The molecule has 1 saturated heterocycles. The molecule has 2 rings (SSSR count). The summed E-state index contributed by atoms with van der Waals surface area (Å²) in [5.41, 5.74) is 1.53. The highest BCUT2D eigenvalue weighted by molar-refractivity contribution is 6.31. The molecular formula is C16H20ClN3O4. The van der Waals surface area contributed by atoms with Crippen molar-refractivity contribution in [2.24, 2.45) is 0 Å². The maximum absolute atomic E-state index is 12.2. The third kappa shape index (κ3) is 4.69. The van der Waals surface area contributed by atoms with Crippen molar-refractivity contribution < 1.29 is 19.1 Å². The molecule has 1 aliphatic rings. The van der Waals surface area contributed by atoms with E-state index in [1.165, 1.54) is 0 Å². The van der Waals surface area contributed by atoms with E-state index >= 15 is 0 Å². The second-order valence-corrected chi connectivity index (χ2v) is 5.91. The molecule has 7 nitrogen and oxygen atoms in total. The number of amides is 3. The number of nitrogens with one attached hydrogen (secondary N) is 1. The number of ether oxygens (including phenoxy) is 1. The second-order valence-electron chi connectivity index (χ2n) is 5.47. The van der Waals surface area contributed by atoms with E-state index in [-0.39, 0.29) is 38.1 Å². The summed E-state index contributed by atoms with van der Waals surface area (Å²) >= 11 is 5.93. The lowest BCUT2D eigenvalue weighted by Gasteiger charge is -2.21. The van der Waals surface area contributed by atoms with Crippen LogP contribution in [-0.2, 0) is 14.3 Å². The number of anilines is 1. The van der Waals surface area contributed by atoms with E-state index in [1.54, 1.807) is 17.0 Å². The molecule has 1 N–H and O–H groups in total. The fourth-order valence-electron chi connectivity index (χ4n) is 2.30. The molecule has 1 aromatic carbocycles. The first-order valence-electron chi connectivity index (χ1n) is 7.66. The maximum atomic E-state index is 12.2. The van der Waals surface area contributed by atoms with Crippen molar-refractivity contribution in [1.29, 1.82) is 0 Å². The molecule has 0 unspecified atom stereocenters. The summed E-state index contributed by atoms with van der Waals surface area (Å²) in [4.78, 5) is 38.4. The minimum atomic E-state index is -0.630. The summed E-state index contributed by atoms with van der Waals surface area (Å²) in [6.07, 6.45) is -0.630. The minimum absolute atomic E-state index is 0.0203. The van der Waals surface area contributed by atoms with Gasteiger partial charge in [0.25, 0.3) is 0 Å². The van der Waals surface area contributed by atoms with Crippen LogP contribution in [0.15, 0.2) is 18.2 Å². The fourth-order valence-corrected chi connectivity index (χ4v) is 2.47.